The number of fused-ring (bicyclic) bond motifs is 1. The molecule has 3 aromatic rings. The number of benzene rings is 2. The van der Waals surface area contributed by atoms with Crippen molar-refractivity contribution in [3.63, 3.8) is 0 Å². The number of aromatic nitrogens is 1. The Balaban J connectivity index is 1.98. The molecule has 0 saturated heterocycles. The Kier molecular flexibility index (Phi) is 3.17. The lowest BCUT2D eigenvalue weighted by atomic mass is 10.1. The number of hydrogen-bond acceptors (Lipinski definition) is 3. The van der Waals surface area contributed by atoms with E-state index in [0.717, 1.165) is 22.8 Å². The summed E-state index contributed by atoms with van der Waals surface area (Å²) in [4.78, 5) is 15.4. The van der Waals surface area contributed by atoms with E-state index in [4.69, 9.17) is 4.74 Å². The van der Waals surface area contributed by atoms with Crippen molar-refractivity contribution < 1.29 is 9.53 Å². The van der Waals surface area contributed by atoms with E-state index < -0.39 is 0 Å². The summed E-state index contributed by atoms with van der Waals surface area (Å²) in [7, 11) is 0. The van der Waals surface area contributed by atoms with E-state index in [-0.39, 0.29) is 0 Å². The first-order valence-corrected chi connectivity index (χ1v) is 6.35. The van der Waals surface area contributed by atoms with Gasteiger partial charge in [-0.05, 0) is 31.2 Å². The zero-order valence-corrected chi connectivity index (χ0v) is 11.0. The molecule has 0 aliphatic carbocycles. The van der Waals surface area contributed by atoms with Crippen molar-refractivity contribution in [3.05, 3.63) is 65.9 Å². The van der Waals surface area contributed by atoms with Crippen LogP contribution in [0.1, 0.15) is 15.9 Å². The minimum Gasteiger partial charge on any atom is -0.455 e. The third kappa shape index (κ3) is 2.38. The molecule has 0 aliphatic rings. The first-order valence-electron chi connectivity index (χ1n) is 6.35. The van der Waals surface area contributed by atoms with Crippen molar-refractivity contribution in [2.45, 2.75) is 6.92 Å². The van der Waals surface area contributed by atoms with Crippen LogP contribution < -0.4 is 4.74 Å². The zero-order chi connectivity index (χ0) is 13.9. The summed E-state index contributed by atoms with van der Waals surface area (Å²) in [6.45, 7) is 1.94. The molecule has 0 aliphatic heterocycles. The Morgan fingerprint density at radius 3 is 2.80 bits per heavy atom. The van der Waals surface area contributed by atoms with Crippen LogP contribution in [0.15, 0.2) is 54.7 Å². The van der Waals surface area contributed by atoms with Crippen LogP contribution in [-0.2, 0) is 0 Å². The van der Waals surface area contributed by atoms with Crippen LogP contribution in [0.5, 0.6) is 11.5 Å². The maximum absolute atomic E-state index is 11.1. The molecule has 3 nitrogen and oxygen atoms in total. The van der Waals surface area contributed by atoms with Crippen LogP contribution >= 0.6 is 0 Å². The maximum Gasteiger partial charge on any atom is 0.153 e. The van der Waals surface area contributed by atoms with E-state index in [1.54, 1.807) is 18.3 Å². The summed E-state index contributed by atoms with van der Waals surface area (Å²) < 4.78 is 5.77. The SMILES string of the molecule is Cc1ccc(Oc2cnc3ccccc3c2)c(C=O)c1. The second-order valence-corrected chi connectivity index (χ2v) is 4.62. The van der Waals surface area contributed by atoms with Crippen molar-refractivity contribution in [2.75, 3.05) is 0 Å². The van der Waals surface area contributed by atoms with E-state index in [9.17, 15) is 4.79 Å². The van der Waals surface area contributed by atoms with Crippen LogP contribution in [0.3, 0.4) is 0 Å². The van der Waals surface area contributed by atoms with Crippen molar-refractivity contribution >= 4 is 17.2 Å². The van der Waals surface area contributed by atoms with Crippen molar-refractivity contribution in [1.29, 1.82) is 0 Å². The predicted octanol–water partition coefficient (Wildman–Crippen LogP) is 4.15. The Hall–Kier alpha value is -2.68. The zero-order valence-electron chi connectivity index (χ0n) is 11.0. The fraction of sp³-hybridized carbons (Fsp3) is 0.0588. The number of aryl methyl sites for hydroxylation is 1. The van der Waals surface area contributed by atoms with Gasteiger partial charge in [0.05, 0.1) is 17.3 Å². The third-order valence-corrected chi connectivity index (χ3v) is 3.09. The van der Waals surface area contributed by atoms with E-state index in [2.05, 4.69) is 4.98 Å². The highest BCUT2D eigenvalue weighted by Crippen LogP contribution is 2.26. The molecule has 3 rings (SSSR count). The molecule has 0 bridgehead atoms. The van der Waals surface area contributed by atoms with E-state index in [1.807, 2.05) is 43.3 Å². The molecule has 0 amide bonds. The molecule has 3 heteroatoms. The maximum atomic E-state index is 11.1. The Bertz CT molecular complexity index is 781. The van der Waals surface area contributed by atoms with Gasteiger partial charge in [0.2, 0.25) is 0 Å². The molecule has 2 aromatic carbocycles. The molecule has 0 spiro atoms. The fourth-order valence-corrected chi connectivity index (χ4v) is 2.09. The van der Waals surface area contributed by atoms with Crippen LogP contribution in [0, 0.1) is 6.92 Å². The number of hydrogen-bond donors (Lipinski definition) is 0. The average molecular weight is 263 g/mol. The van der Waals surface area contributed by atoms with Crippen LogP contribution in [0.25, 0.3) is 10.9 Å². The smallest absolute Gasteiger partial charge is 0.153 e. The third-order valence-electron chi connectivity index (χ3n) is 3.09. The van der Waals surface area contributed by atoms with Gasteiger partial charge in [0.1, 0.15) is 11.5 Å². The van der Waals surface area contributed by atoms with Crippen molar-refractivity contribution in [3.8, 4) is 11.5 Å². The highest BCUT2D eigenvalue weighted by molar-refractivity contribution is 5.81. The molecule has 98 valence electrons. The van der Waals surface area contributed by atoms with Crippen LogP contribution in [0.4, 0.5) is 0 Å². The molecular weight excluding hydrogens is 250 g/mol. The first kappa shape index (κ1) is 12.4. The number of carbonyl (C=O) groups excluding carboxylic acids is 1. The molecular formula is C17H13NO2. The molecule has 20 heavy (non-hydrogen) atoms. The summed E-state index contributed by atoms with van der Waals surface area (Å²) in [5.74, 6) is 1.17. The normalized spacial score (nSPS) is 10.4. The van der Waals surface area contributed by atoms with E-state index in [0.29, 0.717) is 17.1 Å². The number of aldehydes is 1. The number of pyridine rings is 1. The van der Waals surface area contributed by atoms with Crippen LogP contribution in [-0.4, -0.2) is 11.3 Å². The number of rotatable bonds is 3. The molecule has 1 heterocycles. The van der Waals surface area contributed by atoms with Gasteiger partial charge in [0, 0.05) is 5.39 Å². The van der Waals surface area contributed by atoms with Gasteiger partial charge in [-0.2, -0.15) is 0 Å². The highest BCUT2D eigenvalue weighted by atomic mass is 16.5. The predicted molar refractivity (Wildman–Crippen MR) is 78.4 cm³/mol. The average Bonchev–Trinajstić information content (AvgIpc) is 2.49. The van der Waals surface area contributed by atoms with Crippen molar-refractivity contribution in [1.82, 2.24) is 4.98 Å². The topological polar surface area (TPSA) is 39.2 Å². The molecule has 0 N–H and O–H groups in total. The van der Waals surface area contributed by atoms with E-state index in [1.165, 1.54) is 0 Å². The lowest BCUT2D eigenvalue weighted by molar-refractivity contribution is 0.112. The Labute approximate surface area is 116 Å². The fourth-order valence-electron chi connectivity index (χ4n) is 2.09. The molecule has 0 unspecified atom stereocenters. The lowest BCUT2D eigenvalue weighted by Crippen LogP contribution is -1.92. The lowest BCUT2D eigenvalue weighted by Gasteiger charge is -2.09. The second-order valence-electron chi connectivity index (χ2n) is 4.62. The van der Waals surface area contributed by atoms with Crippen molar-refractivity contribution in [2.24, 2.45) is 0 Å². The molecule has 1 aromatic heterocycles. The quantitative estimate of drug-likeness (QED) is 0.666. The van der Waals surface area contributed by atoms with Gasteiger partial charge < -0.3 is 4.74 Å². The van der Waals surface area contributed by atoms with Gasteiger partial charge in [-0.15, -0.1) is 0 Å². The van der Waals surface area contributed by atoms with Gasteiger partial charge in [0.15, 0.2) is 6.29 Å². The van der Waals surface area contributed by atoms with Gasteiger partial charge in [-0.3, -0.25) is 9.78 Å². The minimum atomic E-state index is 0.540. The number of ether oxygens (including phenoxy) is 1. The molecule has 0 fully saturated rings. The van der Waals surface area contributed by atoms with Gasteiger partial charge in [-0.25, -0.2) is 0 Å². The summed E-state index contributed by atoms with van der Waals surface area (Å²) in [5, 5.41) is 1.00. The van der Waals surface area contributed by atoms with Gasteiger partial charge in [0.25, 0.3) is 0 Å². The second kappa shape index (κ2) is 5.13. The Morgan fingerprint density at radius 2 is 1.95 bits per heavy atom. The van der Waals surface area contributed by atoms with E-state index >= 15 is 0 Å². The van der Waals surface area contributed by atoms with Gasteiger partial charge in [-0.1, -0.05) is 29.8 Å². The number of carbonyl (C=O) groups is 1. The molecule has 0 radical (unpaired) electrons. The summed E-state index contributed by atoms with van der Waals surface area (Å²) >= 11 is 0. The standard InChI is InChI=1S/C17H13NO2/c1-12-6-7-17(14(8-12)11-19)20-15-9-13-4-2-3-5-16(13)18-10-15/h2-11H,1H3. The summed E-state index contributed by atoms with van der Waals surface area (Å²) in [6, 6.07) is 15.3. The first-order chi connectivity index (χ1) is 9.76. The summed E-state index contributed by atoms with van der Waals surface area (Å²) in [5.41, 5.74) is 2.48. The van der Waals surface area contributed by atoms with Crippen LogP contribution in [0.2, 0.25) is 0 Å². The number of nitrogens with zero attached hydrogens (tertiary/aromatic N) is 1. The Morgan fingerprint density at radius 1 is 1.10 bits per heavy atom. The minimum absolute atomic E-state index is 0.540. The summed E-state index contributed by atoms with van der Waals surface area (Å²) in [6.07, 6.45) is 2.47. The monoisotopic (exact) mass is 263 g/mol. The largest absolute Gasteiger partial charge is 0.455 e. The van der Waals surface area contributed by atoms with Gasteiger partial charge >= 0.3 is 0 Å². The molecule has 0 atom stereocenters. The highest BCUT2D eigenvalue weighted by Gasteiger charge is 2.05. The number of para-hydroxylation sites is 1. The molecule has 0 saturated carbocycles.